The highest BCUT2D eigenvalue weighted by Gasteiger charge is 2.07. The van der Waals surface area contributed by atoms with Crippen molar-refractivity contribution in [2.45, 2.75) is 13.5 Å². The van der Waals surface area contributed by atoms with E-state index in [1.54, 1.807) is 16.0 Å². The van der Waals surface area contributed by atoms with E-state index in [0.29, 0.717) is 11.8 Å². The molecule has 4 rings (SSSR count). The molecular weight excluding hydrogens is 342 g/mol. The van der Waals surface area contributed by atoms with E-state index in [1.807, 2.05) is 55.5 Å². The molecule has 2 aromatic heterocycles. The summed E-state index contributed by atoms with van der Waals surface area (Å²) in [7, 11) is 0. The number of nitrogens with zero attached hydrogens (tertiary/aromatic N) is 3. The van der Waals surface area contributed by atoms with Gasteiger partial charge in [0.2, 0.25) is 0 Å². The lowest BCUT2D eigenvalue weighted by atomic mass is 10.3. The third-order valence-corrected chi connectivity index (χ3v) is 4.85. The summed E-state index contributed by atoms with van der Waals surface area (Å²) < 4.78 is 8.71. The van der Waals surface area contributed by atoms with Gasteiger partial charge in [-0.1, -0.05) is 23.7 Å². The predicted molar refractivity (Wildman–Crippen MR) is 97.3 cm³/mol. The van der Waals surface area contributed by atoms with E-state index < -0.39 is 0 Å². The van der Waals surface area contributed by atoms with Crippen molar-refractivity contribution >= 4 is 33.2 Å². The number of aromatic nitrogens is 3. The molecule has 24 heavy (non-hydrogen) atoms. The van der Waals surface area contributed by atoms with Crippen molar-refractivity contribution < 1.29 is 4.74 Å². The van der Waals surface area contributed by atoms with E-state index in [-0.39, 0.29) is 0 Å². The fraction of sp³-hybridized carbons (Fsp3) is 0.111. The summed E-state index contributed by atoms with van der Waals surface area (Å²) in [5.74, 6) is 0.790. The predicted octanol–water partition coefficient (Wildman–Crippen LogP) is 5.02. The Morgan fingerprint density at radius 1 is 1.12 bits per heavy atom. The third kappa shape index (κ3) is 3.00. The number of hydrogen-bond acceptors (Lipinski definition) is 4. The summed E-state index contributed by atoms with van der Waals surface area (Å²) >= 11 is 7.82. The molecule has 120 valence electrons. The minimum atomic E-state index is 0.459. The molecule has 0 amide bonds. The lowest BCUT2D eigenvalue weighted by Crippen LogP contribution is -1.98. The maximum absolute atomic E-state index is 6.16. The number of thiazole rings is 1. The summed E-state index contributed by atoms with van der Waals surface area (Å²) in [6.45, 7) is 2.37. The quantitative estimate of drug-likeness (QED) is 0.516. The van der Waals surface area contributed by atoms with Crippen LogP contribution in [0.5, 0.6) is 5.75 Å². The van der Waals surface area contributed by atoms with Crippen molar-refractivity contribution in [3.8, 4) is 11.4 Å². The van der Waals surface area contributed by atoms with E-state index in [9.17, 15) is 0 Å². The van der Waals surface area contributed by atoms with Gasteiger partial charge in [-0.2, -0.15) is 5.10 Å². The van der Waals surface area contributed by atoms with Crippen LogP contribution in [0.2, 0.25) is 5.15 Å². The van der Waals surface area contributed by atoms with Crippen molar-refractivity contribution in [1.82, 2.24) is 14.8 Å². The lowest BCUT2D eigenvalue weighted by molar-refractivity contribution is 0.306. The maximum Gasteiger partial charge on any atom is 0.140 e. The largest absolute Gasteiger partial charge is 0.486 e. The van der Waals surface area contributed by atoms with Crippen LogP contribution in [0.15, 0.2) is 54.6 Å². The van der Waals surface area contributed by atoms with Gasteiger partial charge in [0.15, 0.2) is 0 Å². The first kappa shape index (κ1) is 15.2. The summed E-state index contributed by atoms with van der Waals surface area (Å²) in [6.07, 6.45) is 0. The van der Waals surface area contributed by atoms with Crippen LogP contribution >= 0.6 is 22.9 Å². The van der Waals surface area contributed by atoms with E-state index >= 15 is 0 Å². The van der Waals surface area contributed by atoms with E-state index in [1.165, 1.54) is 4.70 Å². The standard InChI is InChI=1S/C18H14ClN3OS/c1-12-10-17(19)22(21-12)13-6-8-14(9-7-13)23-11-18-20-15-4-2-3-5-16(15)24-18/h2-10H,11H2,1H3. The van der Waals surface area contributed by atoms with Crippen LogP contribution in [0, 0.1) is 6.92 Å². The second-order valence-electron chi connectivity index (χ2n) is 5.38. The van der Waals surface area contributed by atoms with Gasteiger partial charge in [0.25, 0.3) is 0 Å². The van der Waals surface area contributed by atoms with Crippen molar-refractivity contribution in [3.63, 3.8) is 0 Å². The number of hydrogen-bond donors (Lipinski definition) is 0. The normalized spacial score (nSPS) is 11.1. The van der Waals surface area contributed by atoms with Gasteiger partial charge < -0.3 is 4.74 Å². The zero-order valence-corrected chi connectivity index (χ0v) is 14.5. The molecule has 0 aliphatic carbocycles. The number of aryl methyl sites for hydroxylation is 1. The van der Waals surface area contributed by atoms with Gasteiger partial charge in [-0.15, -0.1) is 11.3 Å². The number of para-hydroxylation sites is 1. The molecule has 0 bridgehead atoms. The average molecular weight is 356 g/mol. The fourth-order valence-corrected chi connectivity index (χ4v) is 3.63. The second-order valence-corrected chi connectivity index (χ2v) is 6.88. The summed E-state index contributed by atoms with van der Waals surface area (Å²) in [5.41, 5.74) is 2.80. The molecule has 0 spiro atoms. The van der Waals surface area contributed by atoms with Crippen LogP contribution in [-0.4, -0.2) is 14.8 Å². The molecule has 0 radical (unpaired) electrons. The Labute approximate surface area is 148 Å². The smallest absolute Gasteiger partial charge is 0.140 e. The fourth-order valence-electron chi connectivity index (χ4n) is 2.46. The Morgan fingerprint density at radius 2 is 1.92 bits per heavy atom. The third-order valence-electron chi connectivity index (χ3n) is 3.57. The van der Waals surface area contributed by atoms with Gasteiger partial charge in [-0.25, -0.2) is 9.67 Å². The molecule has 0 unspecified atom stereocenters. The number of benzene rings is 2. The minimum Gasteiger partial charge on any atom is -0.486 e. The minimum absolute atomic E-state index is 0.459. The molecule has 0 saturated heterocycles. The monoisotopic (exact) mass is 355 g/mol. The summed E-state index contributed by atoms with van der Waals surface area (Å²) in [4.78, 5) is 4.57. The first-order chi connectivity index (χ1) is 11.7. The number of ether oxygens (including phenoxy) is 1. The Hall–Kier alpha value is -2.37. The van der Waals surface area contributed by atoms with Gasteiger partial charge >= 0.3 is 0 Å². The lowest BCUT2D eigenvalue weighted by Gasteiger charge is -2.06. The first-order valence-electron chi connectivity index (χ1n) is 7.49. The van der Waals surface area contributed by atoms with E-state index in [2.05, 4.69) is 16.1 Å². The molecule has 0 N–H and O–H groups in total. The van der Waals surface area contributed by atoms with Gasteiger partial charge in [0, 0.05) is 0 Å². The molecule has 4 aromatic rings. The Balaban J connectivity index is 1.48. The van der Waals surface area contributed by atoms with Crippen LogP contribution < -0.4 is 4.74 Å². The van der Waals surface area contributed by atoms with Crippen molar-refractivity contribution in [3.05, 3.63) is 70.5 Å². The van der Waals surface area contributed by atoms with Crippen LogP contribution in [0.3, 0.4) is 0 Å². The van der Waals surface area contributed by atoms with E-state index in [4.69, 9.17) is 16.3 Å². The zero-order valence-electron chi connectivity index (χ0n) is 12.9. The average Bonchev–Trinajstić information content (AvgIpc) is 3.15. The van der Waals surface area contributed by atoms with Gasteiger partial charge in [-0.3, -0.25) is 0 Å². The van der Waals surface area contributed by atoms with Crippen LogP contribution in [-0.2, 0) is 6.61 Å². The number of rotatable bonds is 4. The van der Waals surface area contributed by atoms with E-state index in [0.717, 1.165) is 27.7 Å². The van der Waals surface area contributed by atoms with Gasteiger partial charge in [0.05, 0.1) is 21.6 Å². The van der Waals surface area contributed by atoms with Crippen LogP contribution in [0.25, 0.3) is 15.9 Å². The Bertz CT molecular complexity index is 958. The highest BCUT2D eigenvalue weighted by atomic mass is 35.5. The Morgan fingerprint density at radius 3 is 2.62 bits per heavy atom. The van der Waals surface area contributed by atoms with Crippen LogP contribution in [0.1, 0.15) is 10.7 Å². The number of halogens is 1. The van der Waals surface area contributed by atoms with Gasteiger partial charge in [0.1, 0.15) is 22.5 Å². The second kappa shape index (κ2) is 6.26. The zero-order chi connectivity index (χ0) is 16.5. The maximum atomic E-state index is 6.16. The Kier molecular flexibility index (Phi) is 3.96. The molecule has 2 aromatic carbocycles. The molecule has 4 nitrogen and oxygen atoms in total. The molecular formula is C18H14ClN3OS. The molecule has 6 heteroatoms. The topological polar surface area (TPSA) is 39.9 Å². The molecule has 0 aliphatic rings. The van der Waals surface area contributed by atoms with Gasteiger partial charge in [-0.05, 0) is 49.4 Å². The highest BCUT2D eigenvalue weighted by Crippen LogP contribution is 2.24. The first-order valence-corrected chi connectivity index (χ1v) is 8.68. The van der Waals surface area contributed by atoms with Crippen molar-refractivity contribution in [2.75, 3.05) is 0 Å². The molecule has 0 saturated carbocycles. The molecule has 0 fully saturated rings. The van der Waals surface area contributed by atoms with Crippen molar-refractivity contribution in [2.24, 2.45) is 0 Å². The highest BCUT2D eigenvalue weighted by molar-refractivity contribution is 7.18. The molecule has 0 atom stereocenters. The summed E-state index contributed by atoms with van der Waals surface area (Å²) in [6, 6.07) is 17.6. The van der Waals surface area contributed by atoms with Crippen LogP contribution in [0.4, 0.5) is 0 Å². The van der Waals surface area contributed by atoms with Crippen molar-refractivity contribution in [1.29, 1.82) is 0 Å². The SMILES string of the molecule is Cc1cc(Cl)n(-c2ccc(OCc3nc4ccccc4s3)cc2)n1. The molecule has 0 aliphatic heterocycles. The number of fused-ring (bicyclic) bond motifs is 1. The summed E-state index contributed by atoms with van der Waals surface area (Å²) in [5, 5.41) is 5.92. The molecule has 2 heterocycles.